The molecule has 2 aliphatic rings. The van der Waals surface area contributed by atoms with E-state index in [-0.39, 0.29) is 5.91 Å². The number of carbonyl (C=O) groups excluding carboxylic acids is 1. The molecule has 0 aromatic carbocycles. The maximum absolute atomic E-state index is 12.2. The highest BCUT2D eigenvalue weighted by Crippen LogP contribution is 2.36. The molecule has 0 bridgehead atoms. The molecule has 0 atom stereocenters. The minimum Gasteiger partial charge on any atom is -0.339 e. The maximum Gasteiger partial charge on any atom is 0.236 e. The first-order chi connectivity index (χ1) is 9.03. The monoisotopic (exact) mass is 268 g/mol. The van der Waals surface area contributed by atoms with Gasteiger partial charge in [0.1, 0.15) is 0 Å². The molecule has 1 aliphatic heterocycles. The summed E-state index contributed by atoms with van der Waals surface area (Å²) in [4.78, 5) is 18.7. The number of amides is 1. The van der Waals surface area contributed by atoms with Crippen molar-refractivity contribution in [2.75, 3.05) is 60.4 Å². The average molecular weight is 268 g/mol. The van der Waals surface area contributed by atoms with Gasteiger partial charge in [-0.2, -0.15) is 0 Å². The first kappa shape index (κ1) is 14.8. The van der Waals surface area contributed by atoms with Gasteiger partial charge in [-0.1, -0.05) is 0 Å². The second-order valence-corrected chi connectivity index (χ2v) is 6.28. The summed E-state index contributed by atoms with van der Waals surface area (Å²) < 4.78 is 0. The SMILES string of the molecule is CN(CC(=O)N1CCNCC1)CC1(N(C)C)CCC1. The Bertz CT molecular complexity index is 309. The molecular weight excluding hydrogens is 240 g/mol. The lowest BCUT2D eigenvalue weighted by Gasteiger charge is -2.49. The van der Waals surface area contributed by atoms with Crippen LogP contribution in [0.1, 0.15) is 19.3 Å². The van der Waals surface area contributed by atoms with Crippen molar-refractivity contribution in [3.8, 4) is 0 Å². The fraction of sp³-hybridized carbons (Fsp3) is 0.929. The van der Waals surface area contributed by atoms with Gasteiger partial charge in [0.2, 0.25) is 5.91 Å². The number of hydrogen-bond donors (Lipinski definition) is 1. The van der Waals surface area contributed by atoms with Crippen LogP contribution in [0.2, 0.25) is 0 Å². The fourth-order valence-electron chi connectivity index (χ4n) is 3.14. The smallest absolute Gasteiger partial charge is 0.236 e. The Kier molecular flexibility index (Phi) is 4.81. The number of nitrogens with zero attached hydrogens (tertiary/aromatic N) is 3. The molecule has 1 saturated heterocycles. The molecule has 2 rings (SSSR count). The summed E-state index contributed by atoms with van der Waals surface area (Å²) in [5.41, 5.74) is 0.304. The third-order valence-corrected chi connectivity index (χ3v) is 4.67. The summed E-state index contributed by atoms with van der Waals surface area (Å²) in [6.07, 6.45) is 3.83. The van der Waals surface area contributed by atoms with Gasteiger partial charge in [-0.25, -0.2) is 0 Å². The standard InChI is InChI=1S/C14H28N4O/c1-16(2)14(5-4-6-14)12-17(3)11-13(19)18-9-7-15-8-10-18/h15H,4-12H2,1-3H3. The quantitative estimate of drug-likeness (QED) is 0.752. The van der Waals surface area contributed by atoms with Gasteiger partial charge in [0.05, 0.1) is 6.54 Å². The van der Waals surface area contributed by atoms with Crippen LogP contribution >= 0.6 is 0 Å². The van der Waals surface area contributed by atoms with Crippen molar-refractivity contribution < 1.29 is 4.79 Å². The third-order valence-electron chi connectivity index (χ3n) is 4.67. The third kappa shape index (κ3) is 3.46. The van der Waals surface area contributed by atoms with Gasteiger partial charge in [-0.3, -0.25) is 9.69 Å². The van der Waals surface area contributed by atoms with Crippen LogP contribution in [0, 0.1) is 0 Å². The predicted molar refractivity (Wildman–Crippen MR) is 77.2 cm³/mol. The number of likely N-dealkylation sites (N-methyl/N-ethyl adjacent to an activating group) is 2. The zero-order valence-corrected chi connectivity index (χ0v) is 12.6. The first-order valence-corrected chi connectivity index (χ1v) is 7.38. The lowest BCUT2D eigenvalue weighted by Crippen LogP contribution is -2.58. The molecule has 1 N–H and O–H groups in total. The van der Waals surface area contributed by atoms with E-state index in [2.05, 4.69) is 36.3 Å². The number of hydrogen-bond acceptors (Lipinski definition) is 4. The van der Waals surface area contributed by atoms with E-state index in [0.717, 1.165) is 32.7 Å². The highest BCUT2D eigenvalue weighted by atomic mass is 16.2. The molecule has 5 nitrogen and oxygen atoms in total. The Morgan fingerprint density at radius 2 is 1.84 bits per heavy atom. The average Bonchev–Trinajstić information content (AvgIpc) is 2.34. The maximum atomic E-state index is 12.2. The Hall–Kier alpha value is -0.650. The molecule has 0 spiro atoms. The second kappa shape index (κ2) is 6.20. The van der Waals surface area contributed by atoms with Gasteiger partial charge in [-0.05, 0) is 40.4 Å². The molecule has 5 heteroatoms. The van der Waals surface area contributed by atoms with Crippen molar-refractivity contribution in [3.05, 3.63) is 0 Å². The summed E-state index contributed by atoms with van der Waals surface area (Å²) in [7, 11) is 6.39. The molecule has 0 aromatic heterocycles. The van der Waals surface area contributed by atoms with Gasteiger partial charge in [0, 0.05) is 38.3 Å². The number of piperazine rings is 1. The number of rotatable bonds is 5. The van der Waals surface area contributed by atoms with Crippen molar-refractivity contribution in [2.24, 2.45) is 0 Å². The van der Waals surface area contributed by atoms with Crippen molar-refractivity contribution in [1.29, 1.82) is 0 Å². The molecule has 0 unspecified atom stereocenters. The highest BCUT2D eigenvalue weighted by Gasteiger charge is 2.40. The topological polar surface area (TPSA) is 38.8 Å². The van der Waals surface area contributed by atoms with Gasteiger partial charge >= 0.3 is 0 Å². The summed E-state index contributed by atoms with van der Waals surface area (Å²) >= 11 is 0. The van der Waals surface area contributed by atoms with E-state index >= 15 is 0 Å². The van der Waals surface area contributed by atoms with E-state index in [4.69, 9.17) is 0 Å². The van der Waals surface area contributed by atoms with Crippen LogP contribution in [0.3, 0.4) is 0 Å². The van der Waals surface area contributed by atoms with Crippen LogP contribution in [-0.4, -0.2) is 86.6 Å². The Morgan fingerprint density at radius 1 is 1.21 bits per heavy atom. The minimum atomic E-state index is 0.275. The van der Waals surface area contributed by atoms with Gasteiger partial charge < -0.3 is 15.1 Å². The second-order valence-electron chi connectivity index (χ2n) is 6.28. The Balaban J connectivity index is 1.80. The lowest BCUT2D eigenvalue weighted by molar-refractivity contribution is -0.133. The van der Waals surface area contributed by atoms with Crippen LogP contribution < -0.4 is 5.32 Å². The molecule has 0 radical (unpaired) electrons. The van der Waals surface area contributed by atoms with Crippen LogP contribution in [0.15, 0.2) is 0 Å². The molecule has 1 amide bonds. The zero-order valence-electron chi connectivity index (χ0n) is 12.6. The van der Waals surface area contributed by atoms with E-state index in [9.17, 15) is 4.79 Å². The zero-order chi connectivity index (χ0) is 13.9. The van der Waals surface area contributed by atoms with Crippen molar-refractivity contribution in [3.63, 3.8) is 0 Å². The fourth-order valence-corrected chi connectivity index (χ4v) is 3.14. The summed E-state index contributed by atoms with van der Waals surface area (Å²) in [6, 6.07) is 0. The largest absolute Gasteiger partial charge is 0.339 e. The van der Waals surface area contributed by atoms with Crippen LogP contribution in [0.4, 0.5) is 0 Å². The summed E-state index contributed by atoms with van der Waals surface area (Å²) in [6.45, 7) is 5.11. The van der Waals surface area contributed by atoms with Crippen LogP contribution in [0.5, 0.6) is 0 Å². The van der Waals surface area contributed by atoms with Gasteiger partial charge in [0.25, 0.3) is 0 Å². The van der Waals surface area contributed by atoms with Crippen molar-refractivity contribution >= 4 is 5.91 Å². The predicted octanol–water partition coefficient (Wildman–Crippen LogP) is -0.166. The first-order valence-electron chi connectivity index (χ1n) is 7.38. The molecule has 19 heavy (non-hydrogen) atoms. The van der Waals surface area contributed by atoms with E-state index < -0.39 is 0 Å². The summed E-state index contributed by atoms with van der Waals surface area (Å²) in [5, 5.41) is 3.28. The van der Waals surface area contributed by atoms with Crippen LogP contribution in [0.25, 0.3) is 0 Å². The van der Waals surface area contributed by atoms with Crippen molar-refractivity contribution in [1.82, 2.24) is 20.0 Å². The van der Waals surface area contributed by atoms with E-state index in [1.54, 1.807) is 0 Å². The Labute approximate surface area is 116 Å². The number of carbonyl (C=O) groups is 1. The highest BCUT2D eigenvalue weighted by molar-refractivity contribution is 5.78. The molecule has 0 aromatic rings. The molecule has 2 fully saturated rings. The molecule has 1 saturated carbocycles. The van der Waals surface area contributed by atoms with E-state index in [0.29, 0.717) is 12.1 Å². The van der Waals surface area contributed by atoms with Crippen molar-refractivity contribution in [2.45, 2.75) is 24.8 Å². The molecule has 1 heterocycles. The molecule has 1 aliphatic carbocycles. The van der Waals surface area contributed by atoms with Gasteiger partial charge in [-0.15, -0.1) is 0 Å². The van der Waals surface area contributed by atoms with E-state index in [1.807, 2.05) is 4.90 Å². The minimum absolute atomic E-state index is 0.275. The van der Waals surface area contributed by atoms with Gasteiger partial charge in [0.15, 0.2) is 0 Å². The van der Waals surface area contributed by atoms with E-state index in [1.165, 1.54) is 19.3 Å². The normalized spacial score (nSPS) is 22.7. The molecule has 110 valence electrons. The lowest BCUT2D eigenvalue weighted by atomic mass is 9.75. The number of nitrogens with one attached hydrogen (secondary N) is 1. The van der Waals surface area contributed by atoms with Crippen LogP contribution in [-0.2, 0) is 4.79 Å². The molecular formula is C14H28N4O. The summed E-state index contributed by atoms with van der Waals surface area (Å²) in [5.74, 6) is 0.275. The Morgan fingerprint density at radius 3 is 2.32 bits per heavy atom.